The van der Waals surface area contributed by atoms with Gasteiger partial charge in [0, 0.05) is 30.8 Å². The van der Waals surface area contributed by atoms with Crippen LogP contribution >= 0.6 is 11.6 Å². The van der Waals surface area contributed by atoms with Gasteiger partial charge in [-0.1, -0.05) is 17.7 Å². The largest absolute Gasteiger partial charge is 0.326 e. The summed E-state index contributed by atoms with van der Waals surface area (Å²) < 4.78 is 0. The summed E-state index contributed by atoms with van der Waals surface area (Å²) in [5.74, 6) is 0.537. The minimum atomic E-state index is -0.0287. The number of halogens is 1. The molecule has 4 rings (SSSR count). The zero-order chi connectivity index (χ0) is 20.9. The predicted molar refractivity (Wildman–Crippen MR) is 119 cm³/mol. The average Bonchev–Trinajstić information content (AvgIpc) is 3.22. The van der Waals surface area contributed by atoms with Crippen molar-refractivity contribution in [2.24, 2.45) is 5.92 Å². The molecule has 1 fully saturated rings. The summed E-state index contributed by atoms with van der Waals surface area (Å²) in [6.45, 7) is 2.35. The highest BCUT2D eigenvalue weighted by Crippen LogP contribution is 2.25. The molecule has 2 aromatic rings. The molecule has 30 heavy (non-hydrogen) atoms. The Morgan fingerprint density at radius 3 is 2.63 bits per heavy atom. The first-order valence-electron chi connectivity index (χ1n) is 10.6. The van der Waals surface area contributed by atoms with Crippen LogP contribution in [-0.4, -0.2) is 41.3 Å². The van der Waals surface area contributed by atoms with Gasteiger partial charge in [0.15, 0.2) is 0 Å². The first-order valence-corrected chi connectivity index (χ1v) is 11.0. The minimum absolute atomic E-state index is 0.00109. The van der Waals surface area contributed by atoms with E-state index in [1.807, 2.05) is 6.07 Å². The number of anilines is 2. The summed E-state index contributed by atoms with van der Waals surface area (Å²) >= 11 is 5.82. The third kappa shape index (κ3) is 5.37. The van der Waals surface area contributed by atoms with Gasteiger partial charge in [0.05, 0.1) is 5.02 Å². The van der Waals surface area contributed by atoms with Crippen molar-refractivity contribution in [1.29, 1.82) is 0 Å². The molecular weight excluding hydrogens is 400 g/mol. The molecule has 1 aromatic heterocycles. The second kappa shape index (κ2) is 9.58. The number of amides is 2. The van der Waals surface area contributed by atoms with E-state index in [2.05, 4.69) is 32.7 Å². The molecule has 0 bridgehead atoms. The van der Waals surface area contributed by atoms with Crippen molar-refractivity contribution in [2.45, 2.75) is 38.5 Å². The maximum absolute atomic E-state index is 12.4. The van der Waals surface area contributed by atoms with E-state index >= 15 is 0 Å². The van der Waals surface area contributed by atoms with Crippen LogP contribution in [-0.2, 0) is 22.4 Å². The molecule has 1 saturated heterocycles. The van der Waals surface area contributed by atoms with E-state index in [9.17, 15) is 9.59 Å². The predicted octanol–water partition coefficient (Wildman–Crippen LogP) is 3.90. The lowest BCUT2D eigenvalue weighted by molar-refractivity contribution is -0.121. The Morgan fingerprint density at radius 1 is 1.07 bits per heavy atom. The molecule has 1 aliphatic heterocycles. The third-order valence-electron chi connectivity index (χ3n) is 5.97. The van der Waals surface area contributed by atoms with Crippen molar-refractivity contribution in [3.8, 4) is 0 Å². The van der Waals surface area contributed by atoms with E-state index < -0.39 is 0 Å². The maximum Gasteiger partial charge on any atom is 0.228 e. The zero-order valence-corrected chi connectivity index (χ0v) is 17.8. The number of carbonyl (C=O) groups excluding carboxylic acids is 2. The number of carbonyl (C=O) groups is 2. The second-order valence-electron chi connectivity index (χ2n) is 8.10. The minimum Gasteiger partial charge on any atom is -0.326 e. The van der Waals surface area contributed by atoms with Gasteiger partial charge in [-0.15, -0.1) is 0 Å². The Morgan fingerprint density at radius 2 is 1.87 bits per heavy atom. The van der Waals surface area contributed by atoms with Crippen molar-refractivity contribution in [1.82, 2.24) is 9.88 Å². The van der Waals surface area contributed by atoms with Gasteiger partial charge in [-0.05, 0) is 80.6 Å². The third-order valence-corrected chi connectivity index (χ3v) is 6.20. The van der Waals surface area contributed by atoms with E-state index in [-0.39, 0.29) is 17.7 Å². The van der Waals surface area contributed by atoms with Gasteiger partial charge in [-0.3, -0.25) is 9.59 Å². The SMILES string of the molecule is O=C(CCN1CCC(C(=O)Nc2ccc(Cl)cn2)CC1)Nc1ccc2c(c1)CCC2. The fraction of sp³-hybridized carbons (Fsp3) is 0.435. The van der Waals surface area contributed by atoms with Crippen molar-refractivity contribution in [3.05, 3.63) is 52.7 Å². The second-order valence-corrected chi connectivity index (χ2v) is 8.54. The topological polar surface area (TPSA) is 74.3 Å². The van der Waals surface area contributed by atoms with Crippen molar-refractivity contribution in [3.63, 3.8) is 0 Å². The maximum atomic E-state index is 12.4. The Balaban J connectivity index is 1.18. The van der Waals surface area contributed by atoms with Crippen LogP contribution in [0.2, 0.25) is 5.02 Å². The van der Waals surface area contributed by atoms with Gasteiger partial charge >= 0.3 is 0 Å². The lowest BCUT2D eigenvalue weighted by atomic mass is 9.96. The number of aromatic nitrogens is 1. The number of hydrogen-bond donors (Lipinski definition) is 2. The van der Waals surface area contributed by atoms with E-state index in [0.717, 1.165) is 44.5 Å². The van der Waals surface area contributed by atoms with Crippen LogP contribution in [0.15, 0.2) is 36.5 Å². The molecule has 1 aromatic carbocycles. The number of hydrogen-bond acceptors (Lipinski definition) is 4. The molecule has 0 radical (unpaired) electrons. The van der Waals surface area contributed by atoms with Crippen LogP contribution < -0.4 is 10.6 Å². The highest BCUT2D eigenvalue weighted by Gasteiger charge is 2.25. The molecule has 0 saturated carbocycles. The van der Waals surface area contributed by atoms with Crippen LogP contribution in [0.5, 0.6) is 0 Å². The number of benzene rings is 1. The summed E-state index contributed by atoms with van der Waals surface area (Å²) in [5.41, 5.74) is 3.67. The van der Waals surface area contributed by atoms with Crippen LogP contribution in [0.4, 0.5) is 11.5 Å². The van der Waals surface area contributed by atoms with Crippen LogP contribution in [0, 0.1) is 5.92 Å². The van der Waals surface area contributed by atoms with E-state index in [1.54, 1.807) is 12.1 Å². The molecule has 2 heterocycles. The van der Waals surface area contributed by atoms with E-state index in [4.69, 9.17) is 11.6 Å². The van der Waals surface area contributed by atoms with Gasteiger partial charge in [0.25, 0.3) is 0 Å². The van der Waals surface area contributed by atoms with Crippen LogP contribution in [0.3, 0.4) is 0 Å². The van der Waals surface area contributed by atoms with Crippen LogP contribution in [0.1, 0.15) is 36.8 Å². The quantitative estimate of drug-likeness (QED) is 0.734. The number of pyridine rings is 1. The molecule has 0 unspecified atom stereocenters. The lowest BCUT2D eigenvalue weighted by Gasteiger charge is -2.31. The Hall–Kier alpha value is -2.44. The molecule has 6 nitrogen and oxygen atoms in total. The fourth-order valence-corrected chi connectivity index (χ4v) is 4.34. The van der Waals surface area contributed by atoms with Gasteiger partial charge in [-0.2, -0.15) is 0 Å². The molecule has 2 aliphatic rings. The van der Waals surface area contributed by atoms with Gasteiger partial charge < -0.3 is 15.5 Å². The van der Waals surface area contributed by atoms with Crippen molar-refractivity contribution < 1.29 is 9.59 Å². The Kier molecular flexibility index (Phi) is 6.65. The number of nitrogens with zero attached hydrogens (tertiary/aromatic N) is 2. The number of fused-ring (bicyclic) bond motifs is 1. The summed E-state index contributed by atoms with van der Waals surface area (Å²) in [4.78, 5) is 31.1. The molecule has 1 aliphatic carbocycles. The van der Waals surface area contributed by atoms with Crippen molar-refractivity contribution >= 4 is 34.9 Å². The number of aryl methyl sites for hydroxylation is 2. The smallest absolute Gasteiger partial charge is 0.228 e. The number of nitrogens with one attached hydrogen (secondary N) is 2. The molecular formula is C23H27ClN4O2. The van der Waals surface area contributed by atoms with Gasteiger partial charge in [0.2, 0.25) is 11.8 Å². The summed E-state index contributed by atoms with van der Waals surface area (Å²) in [6.07, 6.45) is 7.01. The average molecular weight is 427 g/mol. The number of rotatable bonds is 6. The van der Waals surface area contributed by atoms with Gasteiger partial charge in [0.1, 0.15) is 5.82 Å². The first kappa shape index (κ1) is 20.8. The molecule has 0 atom stereocenters. The Bertz CT molecular complexity index is 908. The molecule has 158 valence electrons. The molecule has 2 amide bonds. The fourth-order valence-electron chi connectivity index (χ4n) is 4.23. The monoisotopic (exact) mass is 426 g/mol. The summed E-state index contributed by atoms with van der Waals surface area (Å²) in [5, 5.41) is 6.42. The van der Waals surface area contributed by atoms with E-state index in [0.29, 0.717) is 23.8 Å². The standard InChI is InChI=1S/C23H27ClN4O2/c24-19-5-7-21(25-15-19)27-23(30)17-8-11-28(12-9-17)13-10-22(29)26-20-6-4-16-2-1-3-18(16)14-20/h4-7,14-15,17H,1-3,8-13H2,(H,26,29)(H,25,27,30). The normalized spacial score (nSPS) is 16.8. The Labute approximate surface area is 182 Å². The molecule has 0 spiro atoms. The highest BCUT2D eigenvalue weighted by atomic mass is 35.5. The highest BCUT2D eigenvalue weighted by molar-refractivity contribution is 6.30. The number of piperidine rings is 1. The molecule has 2 N–H and O–H groups in total. The zero-order valence-electron chi connectivity index (χ0n) is 17.0. The summed E-state index contributed by atoms with van der Waals surface area (Å²) in [6, 6.07) is 9.66. The molecule has 7 heteroatoms. The number of likely N-dealkylation sites (tertiary alicyclic amines) is 1. The summed E-state index contributed by atoms with van der Waals surface area (Å²) in [7, 11) is 0. The lowest BCUT2D eigenvalue weighted by Crippen LogP contribution is -2.39. The van der Waals surface area contributed by atoms with Crippen LogP contribution in [0.25, 0.3) is 0 Å². The van der Waals surface area contributed by atoms with Gasteiger partial charge in [-0.25, -0.2) is 4.98 Å². The van der Waals surface area contributed by atoms with Crippen molar-refractivity contribution in [2.75, 3.05) is 30.3 Å². The first-order chi connectivity index (χ1) is 14.6. The van der Waals surface area contributed by atoms with E-state index in [1.165, 1.54) is 23.7 Å².